The van der Waals surface area contributed by atoms with Crippen LogP contribution in [0.1, 0.15) is 26.2 Å². The Morgan fingerprint density at radius 3 is 2.46 bits per heavy atom. The van der Waals surface area contributed by atoms with Crippen LogP contribution in [0.4, 0.5) is 0 Å². The van der Waals surface area contributed by atoms with Crippen molar-refractivity contribution < 1.29 is 13.2 Å². The highest BCUT2D eigenvalue weighted by Crippen LogP contribution is 2.52. The first-order valence-electron chi connectivity index (χ1n) is 4.47. The third-order valence-corrected chi connectivity index (χ3v) is 4.05. The number of rotatable bonds is 2. The summed E-state index contributed by atoms with van der Waals surface area (Å²) in [6.07, 6.45) is 2.74. The first-order valence-corrected chi connectivity index (χ1v) is 6.19. The number of ether oxygens (including phenoxy) is 1. The fourth-order valence-electron chi connectivity index (χ4n) is 2.59. The monoisotopic (exact) mass is 205 g/mol. The van der Waals surface area contributed by atoms with Crippen LogP contribution in [0.15, 0.2) is 0 Å². The molecule has 1 saturated heterocycles. The summed E-state index contributed by atoms with van der Waals surface area (Å²) < 4.78 is 27.5. The Hall–Kier alpha value is -0.130. The van der Waals surface area contributed by atoms with E-state index in [1.807, 2.05) is 0 Å². The van der Waals surface area contributed by atoms with Gasteiger partial charge in [-0.2, -0.15) is 0 Å². The average molecular weight is 205 g/mol. The minimum Gasteiger partial charge on any atom is -0.373 e. The van der Waals surface area contributed by atoms with Gasteiger partial charge < -0.3 is 4.74 Å². The minimum absolute atomic E-state index is 0.0183. The van der Waals surface area contributed by atoms with Crippen molar-refractivity contribution in [3.63, 3.8) is 0 Å². The molecule has 2 fully saturated rings. The van der Waals surface area contributed by atoms with Crippen LogP contribution in [-0.2, 0) is 14.8 Å². The van der Waals surface area contributed by atoms with Crippen LogP contribution in [-0.4, -0.2) is 26.4 Å². The van der Waals surface area contributed by atoms with Gasteiger partial charge >= 0.3 is 0 Å². The molecule has 0 spiro atoms. The lowest BCUT2D eigenvalue weighted by Crippen LogP contribution is -2.38. The number of sulfonamides is 1. The third-order valence-electron chi connectivity index (χ3n) is 3.12. The number of primary sulfonamides is 1. The van der Waals surface area contributed by atoms with Crippen LogP contribution in [0.2, 0.25) is 0 Å². The van der Waals surface area contributed by atoms with Gasteiger partial charge in [0, 0.05) is 0 Å². The summed E-state index contributed by atoms with van der Waals surface area (Å²) in [6.45, 7) is 2.83. The first kappa shape index (κ1) is 9.43. The summed E-state index contributed by atoms with van der Waals surface area (Å²) in [5, 5.41) is 5.03. The van der Waals surface area contributed by atoms with Crippen LogP contribution in [0.5, 0.6) is 0 Å². The Labute approximate surface area is 78.5 Å². The molecule has 1 heterocycles. The SMILES string of the molecule is CC12CCC(CS(N)(=O)=O)(C1)OC2. The molecular weight excluding hydrogens is 190 g/mol. The molecule has 0 aromatic carbocycles. The van der Waals surface area contributed by atoms with E-state index < -0.39 is 15.6 Å². The zero-order valence-electron chi connectivity index (χ0n) is 7.75. The van der Waals surface area contributed by atoms with Crippen molar-refractivity contribution in [1.29, 1.82) is 0 Å². The van der Waals surface area contributed by atoms with E-state index in [0.29, 0.717) is 6.61 Å². The lowest BCUT2D eigenvalue weighted by atomic mass is 9.91. The first-order chi connectivity index (χ1) is 5.83. The van der Waals surface area contributed by atoms with Crippen molar-refractivity contribution in [3.8, 4) is 0 Å². The van der Waals surface area contributed by atoms with Crippen LogP contribution in [0.25, 0.3) is 0 Å². The van der Waals surface area contributed by atoms with E-state index in [9.17, 15) is 8.42 Å². The van der Waals surface area contributed by atoms with E-state index >= 15 is 0 Å². The standard InChI is InChI=1S/C8H15NO3S/c1-7-2-3-8(4-7,12-5-7)6-13(9,10)11/h2-6H2,1H3,(H2,9,10,11). The zero-order valence-corrected chi connectivity index (χ0v) is 8.56. The van der Waals surface area contributed by atoms with Crippen molar-refractivity contribution in [2.24, 2.45) is 10.6 Å². The molecule has 4 nitrogen and oxygen atoms in total. The Kier molecular flexibility index (Phi) is 1.78. The maximum absolute atomic E-state index is 11.0. The highest BCUT2D eigenvalue weighted by Gasteiger charge is 2.54. The zero-order chi connectivity index (χ0) is 9.74. The number of fused-ring (bicyclic) bond motifs is 2. The summed E-state index contributed by atoms with van der Waals surface area (Å²) in [4.78, 5) is 0. The summed E-state index contributed by atoms with van der Waals surface area (Å²) in [5.74, 6) is -0.0183. The summed E-state index contributed by atoms with van der Waals surface area (Å²) in [5.41, 5.74) is -0.257. The highest BCUT2D eigenvalue weighted by atomic mass is 32.2. The van der Waals surface area contributed by atoms with Crippen molar-refractivity contribution >= 4 is 10.0 Å². The Balaban J connectivity index is 2.17. The normalized spacial score (nSPS) is 44.2. The van der Waals surface area contributed by atoms with Gasteiger partial charge in [-0.25, -0.2) is 13.6 Å². The molecule has 2 unspecified atom stereocenters. The molecule has 2 atom stereocenters. The molecule has 0 aromatic heterocycles. The predicted molar refractivity (Wildman–Crippen MR) is 48.6 cm³/mol. The van der Waals surface area contributed by atoms with Crippen molar-refractivity contribution in [2.75, 3.05) is 12.4 Å². The van der Waals surface area contributed by atoms with Gasteiger partial charge in [0.15, 0.2) is 0 Å². The van der Waals surface area contributed by atoms with Gasteiger partial charge in [0.2, 0.25) is 10.0 Å². The van der Waals surface area contributed by atoms with Crippen LogP contribution < -0.4 is 5.14 Å². The molecule has 0 aromatic rings. The van der Waals surface area contributed by atoms with Crippen molar-refractivity contribution in [2.45, 2.75) is 31.8 Å². The van der Waals surface area contributed by atoms with E-state index in [1.165, 1.54) is 0 Å². The molecule has 1 aliphatic carbocycles. The van der Waals surface area contributed by atoms with Crippen LogP contribution in [0, 0.1) is 5.41 Å². The molecule has 2 N–H and O–H groups in total. The molecule has 0 amide bonds. The van der Waals surface area contributed by atoms with E-state index in [2.05, 4.69) is 6.92 Å². The quantitative estimate of drug-likeness (QED) is 0.701. The highest BCUT2D eigenvalue weighted by molar-refractivity contribution is 7.89. The van der Waals surface area contributed by atoms with E-state index in [4.69, 9.17) is 9.88 Å². The molecule has 5 heteroatoms. The van der Waals surface area contributed by atoms with Gasteiger partial charge in [-0.15, -0.1) is 0 Å². The molecule has 2 bridgehead atoms. The fourth-order valence-corrected chi connectivity index (χ4v) is 3.65. The topological polar surface area (TPSA) is 69.4 Å². The van der Waals surface area contributed by atoms with Gasteiger partial charge in [0.1, 0.15) is 0 Å². The van der Waals surface area contributed by atoms with E-state index in [1.54, 1.807) is 0 Å². The lowest BCUT2D eigenvalue weighted by Gasteiger charge is -2.26. The Bertz CT molecular complexity index is 314. The second-order valence-electron chi connectivity index (χ2n) is 4.77. The lowest BCUT2D eigenvalue weighted by molar-refractivity contribution is -0.0105. The van der Waals surface area contributed by atoms with Crippen molar-refractivity contribution in [1.82, 2.24) is 0 Å². The van der Waals surface area contributed by atoms with E-state index in [-0.39, 0.29) is 11.2 Å². The summed E-state index contributed by atoms with van der Waals surface area (Å²) in [6, 6.07) is 0. The predicted octanol–water partition coefficient (Wildman–Crippen LogP) is 0.234. The molecule has 2 rings (SSSR count). The molecule has 1 aliphatic heterocycles. The smallest absolute Gasteiger partial charge is 0.211 e. The molecule has 13 heavy (non-hydrogen) atoms. The van der Waals surface area contributed by atoms with Crippen LogP contribution >= 0.6 is 0 Å². The summed E-state index contributed by atoms with van der Waals surface area (Å²) >= 11 is 0. The molecule has 76 valence electrons. The molecule has 0 radical (unpaired) electrons. The molecule has 1 saturated carbocycles. The Morgan fingerprint density at radius 1 is 1.46 bits per heavy atom. The summed E-state index contributed by atoms with van der Waals surface area (Å²) in [7, 11) is -3.40. The maximum Gasteiger partial charge on any atom is 0.211 e. The second kappa shape index (κ2) is 2.46. The molecular formula is C8H15NO3S. The van der Waals surface area contributed by atoms with Crippen molar-refractivity contribution in [3.05, 3.63) is 0 Å². The number of hydrogen-bond acceptors (Lipinski definition) is 3. The van der Waals surface area contributed by atoms with Gasteiger partial charge in [-0.05, 0) is 24.7 Å². The average Bonchev–Trinajstić information content (AvgIpc) is 2.37. The minimum atomic E-state index is -3.40. The number of nitrogens with two attached hydrogens (primary N) is 1. The molecule has 2 aliphatic rings. The third kappa shape index (κ3) is 1.73. The van der Waals surface area contributed by atoms with Gasteiger partial charge in [0.25, 0.3) is 0 Å². The van der Waals surface area contributed by atoms with Gasteiger partial charge in [0.05, 0.1) is 18.0 Å². The van der Waals surface area contributed by atoms with Crippen LogP contribution in [0.3, 0.4) is 0 Å². The van der Waals surface area contributed by atoms with Gasteiger partial charge in [-0.1, -0.05) is 6.92 Å². The second-order valence-corrected chi connectivity index (χ2v) is 6.38. The maximum atomic E-state index is 11.0. The van der Waals surface area contributed by atoms with E-state index in [0.717, 1.165) is 19.3 Å². The number of hydrogen-bond donors (Lipinski definition) is 1. The fraction of sp³-hybridized carbons (Fsp3) is 1.00. The van der Waals surface area contributed by atoms with Gasteiger partial charge in [-0.3, -0.25) is 0 Å². The Morgan fingerprint density at radius 2 is 2.15 bits per heavy atom. The largest absolute Gasteiger partial charge is 0.373 e.